The van der Waals surface area contributed by atoms with Gasteiger partial charge in [0.25, 0.3) is 0 Å². The summed E-state index contributed by atoms with van der Waals surface area (Å²) >= 11 is 0. The van der Waals surface area contributed by atoms with Crippen molar-refractivity contribution in [2.45, 2.75) is 25.2 Å². The fourth-order valence-corrected chi connectivity index (χ4v) is 3.04. The monoisotopic (exact) mass is 301 g/mol. The SMILES string of the molecule is Nc1ccc([C@H](CCc2ccccc2)Cc2ccccc2)cc1. The third-order valence-corrected chi connectivity index (χ3v) is 4.36. The van der Waals surface area contributed by atoms with Crippen LogP contribution in [0.5, 0.6) is 0 Å². The van der Waals surface area contributed by atoms with Gasteiger partial charge >= 0.3 is 0 Å². The fourth-order valence-electron chi connectivity index (χ4n) is 3.04. The zero-order valence-corrected chi connectivity index (χ0v) is 13.4. The Labute approximate surface area is 138 Å². The van der Waals surface area contributed by atoms with Gasteiger partial charge in [0.05, 0.1) is 0 Å². The normalized spacial score (nSPS) is 12.0. The van der Waals surface area contributed by atoms with Gasteiger partial charge in [0.1, 0.15) is 0 Å². The van der Waals surface area contributed by atoms with E-state index >= 15 is 0 Å². The second-order valence-electron chi connectivity index (χ2n) is 6.08. The van der Waals surface area contributed by atoms with Gasteiger partial charge in [-0.15, -0.1) is 0 Å². The highest BCUT2D eigenvalue weighted by Crippen LogP contribution is 2.27. The molecule has 0 saturated heterocycles. The van der Waals surface area contributed by atoms with Gasteiger partial charge in [0.2, 0.25) is 0 Å². The largest absolute Gasteiger partial charge is 0.399 e. The summed E-state index contributed by atoms with van der Waals surface area (Å²) in [7, 11) is 0. The van der Waals surface area contributed by atoms with Crippen LogP contribution in [0.2, 0.25) is 0 Å². The van der Waals surface area contributed by atoms with Crippen LogP contribution in [0, 0.1) is 0 Å². The molecule has 0 fully saturated rings. The molecule has 2 N–H and O–H groups in total. The van der Waals surface area contributed by atoms with Crippen LogP contribution in [-0.2, 0) is 12.8 Å². The Kier molecular flexibility index (Phi) is 5.10. The molecule has 1 heteroatoms. The van der Waals surface area contributed by atoms with Crippen molar-refractivity contribution in [2.24, 2.45) is 0 Å². The van der Waals surface area contributed by atoms with E-state index in [4.69, 9.17) is 5.73 Å². The molecule has 1 nitrogen and oxygen atoms in total. The van der Waals surface area contributed by atoms with Crippen molar-refractivity contribution < 1.29 is 0 Å². The molecule has 0 aromatic heterocycles. The average molecular weight is 301 g/mol. The Morgan fingerprint density at radius 3 is 1.83 bits per heavy atom. The molecule has 1 atom stereocenters. The molecule has 0 radical (unpaired) electrons. The Hall–Kier alpha value is -2.54. The minimum absolute atomic E-state index is 0.512. The van der Waals surface area contributed by atoms with Crippen molar-refractivity contribution in [3.8, 4) is 0 Å². The summed E-state index contributed by atoms with van der Waals surface area (Å²) in [6.07, 6.45) is 3.31. The molecular formula is C22H23N. The van der Waals surface area contributed by atoms with Crippen LogP contribution < -0.4 is 5.73 Å². The minimum Gasteiger partial charge on any atom is -0.399 e. The van der Waals surface area contributed by atoms with Crippen molar-refractivity contribution in [2.75, 3.05) is 5.73 Å². The molecule has 0 unspecified atom stereocenters. The van der Waals surface area contributed by atoms with Crippen LogP contribution in [-0.4, -0.2) is 0 Å². The topological polar surface area (TPSA) is 26.0 Å². The number of hydrogen-bond donors (Lipinski definition) is 1. The van der Waals surface area contributed by atoms with Crippen molar-refractivity contribution in [1.29, 1.82) is 0 Å². The van der Waals surface area contributed by atoms with Crippen LogP contribution in [0.15, 0.2) is 84.9 Å². The Bertz CT molecular complexity index is 702. The van der Waals surface area contributed by atoms with E-state index in [9.17, 15) is 0 Å². The van der Waals surface area contributed by atoms with E-state index in [1.165, 1.54) is 16.7 Å². The summed E-state index contributed by atoms with van der Waals surface area (Å²) in [5, 5.41) is 0. The highest BCUT2D eigenvalue weighted by atomic mass is 14.5. The van der Waals surface area contributed by atoms with Crippen LogP contribution >= 0.6 is 0 Å². The predicted molar refractivity (Wildman–Crippen MR) is 98.5 cm³/mol. The standard InChI is InChI=1S/C22H23N/c23-22-15-13-20(14-16-22)21(17-19-9-5-2-6-10-19)12-11-18-7-3-1-4-8-18/h1-10,13-16,21H,11-12,17,23H2/t21-/m1/s1. The lowest BCUT2D eigenvalue weighted by Crippen LogP contribution is -2.05. The number of rotatable bonds is 6. The van der Waals surface area contributed by atoms with Gasteiger partial charge in [-0.25, -0.2) is 0 Å². The maximum atomic E-state index is 5.84. The summed E-state index contributed by atoms with van der Waals surface area (Å²) in [6.45, 7) is 0. The van der Waals surface area contributed by atoms with Gasteiger partial charge < -0.3 is 5.73 Å². The zero-order chi connectivity index (χ0) is 15.9. The maximum absolute atomic E-state index is 5.84. The average Bonchev–Trinajstić information content (AvgIpc) is 2.61. The van der Waals surface area contributed by atoms with Gasteiger partial charge in [-0.2, -0.15) is 0 Å². The number of hydrogen-bond acceptors (Lipinski definition) is 1. The summed E-state index contributed by atoms with van der Waals surface area (Å²) in [5.74, 6) is 0.512. The number of nitrogen functional groups attached to an aromatic ring is 1. The first-order valence-electron chi connectivity index (χ1n) is 8.24. The molecule has 0 heterocycles. The van der Waals surface area contributed by atoms with Gasteiger partial charge in [-0.3, -0.25) is 0 Å². The molecule has 0 aliphatic rings. The van der Waals surface area contributed by atoms with Crippen LogP contribution in [0.25, 0.3) is 0 Å². The molecule has 116 valence electrons. The molecule has 3 aromatic rings. The van der Waals surface area contributed by atoms with Crippen molar-refractivity contribution in [3.63, 3.8) is 0 Å². The quantitative estimate of drug-likeness (QED) is 0.620. The van der Waals surface area contributed by atoms with Gasteiger partial charge in [-0.1, -0.05) is 72.8 Å². The van der Waals surface area contributed by atoms with Crippen molar-refractivity contribution in [1.82, 2.24) is 0 Å². The summed E-state index contributed by atoms with van der Waals surface area (Å²) in [4.78, 5) is 0. The fraction of sp³-hybridized carbons (Fsp3) is 0.182. The number of nitrogens with two attached hydrogens (primary N) is 1. The second-order valence-corrected chi connectivity index (χ2v) is 6.08. The molecule has 0 aliphatic heterocycles. The van der Waals surface area contributed by atoms with E-state index in [0.717, 1.165) is 24.9 Å². The molecule has 0 bridgehead atoms. The third-order valence-electron chi connectivity index (χ3n) is 4.36. The Morgan fingerprint density at radius 2 is 1.22 bits per heavy atom. The van der Waals surface area contributed by atoms with Crippen LogP contribution in [0.3, 0.4) is 0 Å². The van der Waals surface area contributed by atoms with E-state index < -0.39 is 0 Å². The molecule has 3 rings (SSSR count). The Morgan fingerprint density at radius 1 is 0.652 bits per heavy atom. The lowest BCUT2D eigenvalue weighted by atomic mass is 9.87. The first-order chi connectivity index (χ1) is 11.3. The van der Waals surface area contributed by atoms with E-state index in [1.807, 2.05) is 12.1 Å². The van der Waals surface area contributed by atoms with Crippen LogP contribution in [0.1, 0.15) is 29.0 Å². The summed E-state index contributed by atoms with van der Waals surface area (Å²) in [6, 6.07) is 29.8. The lowest BCUT2D eigenvalue weighted by Gasteiger charge is -2.18. The smallest absolute Gasteiger partial charge is 0.0314 e. The molecule has 3 aromatic carbocycles. The zero-order valence-electron chi connectivity index (χ0n) is 13.4. The first-order valence-corrected chi connectivity index (χ1v) is 8.24. The molecule has 0 aliphatic carbocycles. The number of aryl methyl sites for hydroxylation is 1. The molecule has 0 amide bonds. The summed E-state index contributed by atoms with van der Waals surface area (Å²) in [5.41, 5.74) is 10.8. The lowest BCUT2D eigenvalue weighted by molar-refractivity contribution is 0.621. The van der Waals surface area contributed by atoms with Crippen molar-refractivity contribution in [3.05, 3.63) is 102 Å². The number of benzene rings is 3. The predicted octanol–water partition coefficient (Wildman–Crippen LogP) is 5.23. The molecule has 0 saturated carbocycles. The first kappa shape index (κ1) is 15.4. The van der Waals surface area contributed by atoms with E-state index in [0.29, 0.717) is 5.92 Å². The third kappa shape index (κ3) is 4.46. The van der Waals surface area contributed by atoms with Gasteiger partial charge in [0, 0.05) is 5.69 Å². The number of anilines is 1. The maximum Gasteiger partial charge on any atom is 0.0314 e. The molecule has 0 spiro atoms. The van der Waals surface area contributed by atoms with Crippen LogP contribution in [0.4, 0.5) is 5.69 Å². The summed E-state index contributed by atoms with van der Waals surface area (Å²) < 4.78 is 0. The van der Waals surface area contributed by atoms with E-state index in [-0.39, 0.29) is 0 Å². The molecular weight excluding hydrogens is 278 g/mol. The second kappa shape index (κ2) is 7.64. The van der Waals surface area contributed by atoms with Gasteiger partial charge in [0.15, 0.2) is 0 Å². The highest BCUT2D eigenvalue weighted by molar-refractivity contribution is 5.40. The molecule has 23 heavy (non-hydrogen) atoms. The van der Waals surface area contributed by atoms with Gasteiger partial charge in [-0.05, 0) is 54.0 Å². The minimum atomic E-state index is 0.512. The van der Waals surface area contributed by atoms with E-state index in [1.54, 1.807) is 0 Å². The highest BCUT2D eigenvalue weighted by Gasteiger charge is 2.12. The Balaban J connectivity index is 1.76. The van der Waals surface area contributed by atoms with Crippen molar-refractivity contribution >= 4 is 5.69 Å². The van der Waals surface area contributed by atoms with E-state index in [2.05, 4.69) is 72.8 Å².